The molecule has 0 amide bonds. The molecule has 1 aromatic carbocycles. The lowest BCUT2D eigenvalue weighted by Gasteiger charge is -2.15. The first kappa shape index (κ1) is 10.8. The van der Waals surface area contributed by atoms with E-state index >= 15 is 0 Å². The maximum Gasteiger partial charge on any atom is 0.152 e. The van der Waals surface area contributed by atoms with E-state index in [2.05, 4.69) is 32.2 Å². The molecule has 14 heavy (non-hydrogen) atoms. The smallest absolute Gasteiger partial charge is 0.152 e. The van der Waals surface area contributed by atoms with Gasteiger partial charge in [0.15, 0.2) is 6.29 Å². The Morgan fingerprint density at radius 3 is 2.64 bits per heavy atom. The third-order valence-corrected chi connectivity index (χ3v) is 2.12. The number of rotatable bonds is 4. The fraction of sp³-hybridized carbons (Fsp3) is 0.417. The van der Waals surface area contributed by atoms with E-state index in [4.69, 9.17) is 0 Å². The average molecular weight is 191 g/mol. The van der Waals surface area contributed by atoms with Gasteiger partial charge < -0.3 is 5.32 Å². The monoisotopic (exact) mass is 191 g/mol. The Morgan fingerprint density at radius 2 is 2.14 bits per heavy atom. The van der Waals surface area contributed by atoms with Gasteiger partial charge in [-0.25, -0.2) is 0 Å². The number of aryl methyl sites for hydroxylation is 1. The van der Waals surface area contributed by atoms with Gasteiger partial charge in [-0.3, -0.25) is 4.79 Å². The van der Waals surface area contributed by atoms with Crippen LogP contribution in [-0.2, 0) is 6.42 Å². The summed E-state index contributed by atoms with van der Waals surface area (Å²) in [4.78, 5) is 10.8. The van der Waals surface area contributed by atoms with E-state index in [0.29, 0.717) is 6.04 Å². The summed E-state index contributed by atoms with van der Waals surface area (Å²) >= 11 is 0. The molecule has 0 spiro atoms. The zero-order valence-electron chi connectivity index (χ0n) is 9.00. The Labute approximate surface area is 85.3 Å². The van der Waals surface area contributed by atoms with Crippen molar-refractivity contribution in [2.45, 2.75) is 33.2 Å². The lowest BCUT2D eigenvalue weighted by molar-refractivity contribution is 0.112. The molecule has 0 bridgehead atoms. The lowest BCUT2D eigenvalue weighted by Crippen LogP contribution is -2.13. The summed E-state index contributed by atoms with van der Waals surface area (Å²) in [7, 11) is 0. The van der Waals surface area contributed by atoms with E-state index in [1.807, 2.05) is 12.1 Å². The molecule has 2 nitrogen and oxygen atoms in total. The Morgan fingerprint density at radius 1 is 1.43 bits per heavy atom. The standard InChI is InChI=1S/C12H17NO/c1-4-10-6-5-7-11(8-14)12(10)13-9(2)3/h5-9,13H,4H2,1-3H3. The van der Waals surface area contributed by atoms with E-state index in [-0.39, 0.29) is 0 Å². The second-order valence-corrected chi connectivity index (χ2v) is 3.65. The molecule has 0 saturated heterocycles. The molecule has 0 fully saturated rings. The van der Waals surface area contributed by atoms with Crippen molar-refractivity contribution in [1.82, 2.24) is 0 Å². The Balaban J connectivity index is 3.12. The van der Waals surface area contributed by atoms with Gasteiger partial charge in [0.1, 0.15) is 0 Å². The zero-order valence-corrected chi connectivity index (χ0v) is 9.00. The summed E-state index contributed by atoms with van der Waals surface area (Å²) in [5.41, 5.74) is 2.93. The van der Waals surface area contributed by atoms with Gasteiger partial charge in [0.05, 0.1) is 0 Å². The van der Waals surface area contributed by atoms with Gasteiger partial charge in [0, 0.05) is 17.3 Å². The van der Waals surface area contributed by atoms with Crippen molar-refractivity contribution < 1.29 is 4.79 Å². The third-order valence-electron chi connectivity index (χ3n) is 2.12. The number of aldehydes is 1. The first-order chi connectivity index (χ1) is 6.69. The number of hydrogen-bond acceptors (Lipinski definition) is 2. The van der Waals surface area contributed by atoms with Gasteiger partial charge in [-0.2, -0.15) is 0 Å². The van der Waals surface area contributed by atoms with E-state index in [1.165, 1.54) is 5.56 Å². The van der Waals surface area contributed by atoms with Crippen LogP contribution in [0.25, 0.3) is 0 Å². The minimum Gasteiger partial charge on any atom is -0.382 e. The van der Waals surface area contributed by atoms with Crippen LogP contribution in [0.2, 0.25) is 0 Å². The Hall–Kier alpha value is -1.31. The van der Waals surface area contributed by atoms with Crippen molar-refractivity contribution in [3.63, 3.8) is 0 Å². The molecule has 0 aliphatic carbocycles. The van der Waals surface area contributed by atoms with Crippen LogP contribution in [0.3, 0.4) is 0 Å². The molecule has 0 aliphatic rings. The van der Waals surface area contributed by atoms with Gasteiger partial charge in [-0.15, -0.1) is 0 Å². The molecule has 0 aromatic heterocycles. The van der Waals surface area contributed by atoms with Crippen LogP contribution in [0.15, 0.2) is 18.2 Å². The highest BCUT2D eigenvalue weighted by Gasteiger charge is 2.06. The van der Waals surface area contributed by atoms with Gasteiger partial charge in [-0.05, 0) is 31.9 Å². The first-order valence-electron chi connectivity index (χ1n) is 5.02. The molecule has 2 heteroatoms. The van der Waals surface area contributed by atoms with Crippen LogP contribution in [0.5, 0.6) is 0 Å². The SMILES string of the molecule is CCc1cccc(C=O)c1NC(C)C. The molecule has 0 heterocycles. The fourth-order valence-corrected chi connectivity index (χ4v) is 1.48. The van der Waals surface area contributed by atoms with E-state index < -0.39 is 0 Å². The molecule has 0 saturated carbocycles. The normalized spacial score (nSPS) is 10.3. The molecular weight excluding hydrogens is 174 g/mol. The Kier molecular flexibility index (Phi) is 3.69. The zero-order chi connectivity index (χ0) is 10.6. The number of anilines is 1. The molecule has 1 aromatic rings. The number of nitrogens with one attached hydrogen (secondary N) is 1. The van der Waals surface area contributed by atoms with Gasteiger partial charge in [0.2, 0.25) is 0 Å². The molecule has 1 rings (SSSR count). The van der Waals surface area contributed by atoms with E-state index in [9.17, 15) is 4.79 Å². The van der Waals surface area contributed by atoms with E-state index in [0.717, 1.165) is 24.0 Å². The molecule has 0 unspecified atom stereocenters. The summed E-state index contributed by atoms with van der Waals surface area (Å²) in [5, 5.41) is 3.31. The summed E-state index contributed by atoms with van der Waals surface area (Å²) < 4.78 is 0. The van der Waals surface area contributed by atoms with Crippen LogP contribution in [0, 0.1) is 0 Å². The second-order valence-electron chi connectivity index (χ2n) is 3.65. The van der Waals surface area contributed by atoms with E-state index in [1.54, 1.807) is 0 Å². The molecule has 76 valence electrons. The second kappa shape index (κ2) is 4.80. The predicted octanol–water partition coefficient (Wildman–Crippen LogP) is 2.88. The van der Waals surface area contributed by atoms with Gasteiger partial charge in [-0.1, -0.05) is 19.1 Å². The highest BCUT2D eigenvalue weighted by Crippen LogP contribution is 2.21. The lowest BCUT2D eigenvalue weighted by atomic mass is 10.1. The number of carbonyl (C=O) groups is 1. The quantitative estimate of drug-likeness (QED) is 0.741. The van der Waals surface area contributed by atoms with Crippen molar-refractivity contribution in [3.05, 3.63) is 29.3 Å². The molecule has 1 N–H and O–H groups in total. The van der Waals surface area contributed by atoms with Gasteiger partial charge >= 0.3 is 0 Å². The van der Waals surface area contributed by atoms with Crippen molar-refractivity contribution in [2.24, 2.45) is 0 Å². The summed E-state index contributed by atoms with van der Waals surface area (Å²) in [6, 6.07) is 6.17. The van der Waals surface area contributed by atoms with Crippen LogP contribution in [0.1, 0.15) is 36.7 Å². The predicted molar refractivity (Wildman–Crippen MR) is 60.0 cm³/mol. The largest absolute Gasteiger partial charge is 0.382 e. The van der Waals surface area contributed by atoms with Crippen LogP contribution >= 0.6 is 0 Å². The van der Waals surface area contributed by atoms with Crippen molar-refractivity contribution in [1.29, 1.82) is 0 Å². The van der Waals surface area contributed by atoms with Crippen LogP contribution in [-0.4, -0.2) is 12.3 Å². The highest BCUT2D eigenvalue weighted by molar-refractivity contribution is 5.85. The van der Waals surface area contributed by atoms with Crippen LogP contribution < -0.4 is 5.32 Å². The number of carbonyl (C=O) groups excluding carboxylic acids is 1. The summed E-state index contributed by atoms with van der Waals surface area (Å²) in [6.07, 6.45) is 1.85. The molecule has 0 radical (unpaired) electrons. The van der Waals surface area contributed by atoms with Crippen molar-refractivity contribution >= 4 is 12.0 Å². The number of para-hydroxylation sites is 1. The topological polar surface area (TPSA) is 29.1 Å². The Bertz CT molecular complexity index is 318. The fourth-order valence-electron chi connectivity index (χ4n) is 1.48. The highest BCUT2D eigenvalue weighted by atomic mass is 16.1. The summed E-state index contributed by atoms with van der Waals surface area (Å²) in [5.74, 6) is 0. The summed E-state index contributed by atoms with van der Waals surface area (Å²) in [6.45, 7) is 6.23. The van der Waals surface area contributed by atoms with Crippen molar-refractivity contribution in [3.8, 4) is 0 Å². The molecular formula is C12H17NO. The van der Waals surface area contributed by atoms with Gasteiger partial charge in [0.25, 0.3) is 0 Å². The molecule has 0 atom stereocenters. The van der Waals surface area contributed by atoms with Crippen LogP contribution in [0.4, 0.5) is 5.69 Å². The minimum absolute atomic E-state index is 0.349. The molecule has 0 aliphatic heterocycles. The number of hydrogen-bond donors (Lipinski definition) is 1. The maximum absolute atomic E-state index is 10.8. The average Bonchev–Trinajstić information content (AvgIpc) is 2.17. The third kappa shape index (κ3) is 2.34. The first-order valence-corrected chi connectivity index (χ1v) is 5.02. The number of benzene rings is 1. The van der Waals surface area contributed by atoms with Crippen molar-refractivity contribution in [2.75, 3.05) is 5.32 Å². The minimum atomic E-state index is 0.349. The maximum atomic E-state index is 10.8.